The lowest BCUT2D eigenvalue weighted by Crippen LogP contribution is -2.39. The molecule has 0 bridgehead atoms. The summed E-state index contributed by atoms with van der Waals surface area (Å²) in [6.07, 6.45) is 2.88. The molecule has 0 aliphatic carbocycles. The number of ether oxygens (including phenoxy) is 1. The van der Waals surface area contributed by atoms with Crippen molar-refractivity contribution in [1.29, 1.82) is 0 Å². The first-order chi connectivity index (χ1) is 16.9. The number of aryl methyl sites for hydroxylation is 1. The lowest BCUT2D eigenvalue weighted by molar-refractivity contribution is -0.154. The molecule has 2 heterocycles. The van der Waals surface area contributed by atoms with Gasteiger partial charge in [-0.3, -0.25) is 9.59 Å². The van der Waals surface area contributed by atoms with Gasteiger partial charge in [-0.25, -0.2) is 0 Å². The van der Waals surface area contributed by atoms with Crippen LogP contribution in [0, 0.1) is 0 Å². The minimum atomic E-state index is -2.42. The van der Waals surface area contributed by atoms with Gasteiger partial charge in [0.05, 0.1) is 0 Å². The van der Waals surface area contributed by atoms with Gasteiger partial charge >= 0.3 is 5.97 Å². The summed E-state index contributed by atoms with van der Waals surface area (Å²) in [5.74, 6) is 0.310. The van der Waals surface area contributed by atoms with Crippen LogP contribution in [0.15, 0.2) is 48.5 Å². The zero-order valence-electron chi connectivity index (χ0n) is 22.0. The molecule has 36 heavy (non-hydrogen) atoms. The van der Waals surface area contributed by atoms with Crippen LogP contribution in [0.3, 0.4) is 0 Å². The number of piperidine rings is 1. The van der Waals surface area contributed by atoms with Crippen molar-refractivity contribution < 1.29 is 19.1 Å². The van der Waals surface area contributed by atoms with Crippen LogP contribution in [-0.2, 0) is 16.0 Å². The molecule has 1 aliphatic rings. The second-order valence-electron chi connectivity index (χ2n) is 11.3. The molecule has 0 atom stereocenters. The third-order valence-electron chi connectivity index (χ3n) is 6.64. The minimum Gasteiger partial charge on any atom is -0.460 e. The van der Waals surface area contributed by atoms with E-state index in [2.05, 4.69) is 24.3 Å². The summed E-state index contributed by atoms with van der Waals surface area (Å²) in [6, 6.07) is 16.4. The Kier molecular flexibility index (Phi) is 7.74. The second kappa shape index (κ2) is 10.5. The third kappa shape index (κ3) is 6.44. The monoisotopic (exact) mass is 523 g/mol. The number of rotatable bonds is 6. The Hall–Kier alpha value is -2.48. The first kappa shape index (κ1) is 26.6. The molecule has 1 aliphatic heterocycles. The number of thiophene rings is 1. The molecule has 1 amide bonds. The summed E-state index contributed by atoms with van der Waals surface area (Å²) < 4.78 is 7.50. The Morgan fingerprint density at radius 3 is 2.44 bits per heavy atom. The summed E-state index contributed by atoms with van der Waals surface area (Å²) in [4.78, 5) is 38.1. The largest absolute Gasteiger partial charge is 0.460 e. The molecule has 7 heteroatoms. The number of carbonyl (C=O) groups is 2. The zero-order chi connectivity index (χ0) is 26.1. The maximum atomic E-state index is 13.5. The van der Waals surface area contributed by atoms with E-state index < -0.39 is 13.9 Å². The number of hydrogen-bond acceptors (Lipinski definition) is 5. The summed E-state index contributed by atoms with van der Waals surface area (Å²) >= 11 is 1.60. The van der Waals surface area contributed by atoms with E-state index in [9.17, 15) is 14.4 Å². The molecule has 1 N–H and O–H groups in total. The van der Waals surface area contributed by atoms with Crippen molar-refractivity contribution in [2.75, 3.05) is 13.1 Å². The SMILES string of the molecule is CC(C)(C)OC(=O)CCc1cccc(C2CCN(C(=O)c3cccc4sc([Si](C)(C)O)cc34)CC2)c1. The van der Waals surface area contributed by atoms with Gasteiger partial charge in [-0.15, -0.1) is 11.3 Å². The van der Waals surface area contributed by atoms with Gasteiger partial charge < -0.3 is 14.4 Å². The maximum Gasteiger partial charge on any atom is 0.306 e. The van der Waals surface area contributed by atoms with Crippen molar-refractivity contribution in [3.05, 3.63) is 65.2 Å². The van der Waals surface area contributed by atoms with E-state index >= 15 is 0 Å². The number of esters is 1. The molecule has 2 aromatic carbocycles. The first-order valence-electron chi connectivity index (χ1n) is 12.8. The summed E-state index contributed by atoms with van der Waals surface area (Å²) in [5.41, 5.74) is 2.70. The van der Waals surface area contributed by atoms with E-state index in [4.69, 9.17) is 4.74 Å². The average molecular weight is 524 g/mol. The van der Waals surface area contributed by atoms with Crippen LogP contribution in [-0.4, -0.2) is 48.6 Å². The Bertz CT molecular complexity index is 1250. The highest BCUT2D eigenvalue weighted by Crippen LogP contribution is 2.31. The number of likely N-dealkylation sites (tertiary alicyclic amines) is 1. The fourth-order valence-corrected chi connectivity index (χ4v) is 7.44. The van der Waals surface area contributed by atoms with Gasteiger partial charge in [0.2, 0.25) is 8.32 Å². The number of amides is 1. The predicted octanol–water partition coefficient (Wildman–Crippen LogP) is 5.60. The van der Waals surface area contributed by atoms with E-state index in [0.29, 0.717) is 18.8 Å². The van der Waals surface area contributed by atoms with Crippen LogP contribution >= 0.6 is 11.3 Å². The maximum absolute atomic E-state index is 13.5. The van der Waals surface area contributed by atoms with E-state index in [1.807, 2.05) is 63.0 Å². The Balaban J connectivity index is 1.39. The van der Waals surface area contributed by atoms with Gasteiger partial charge in [0.15, 0.2) is 0 Å². The molecule has 5 nitrogen and oxygen atoms in total. The third-order valence-corrected chi connectivity index (χ3v) is 10.7. The van der Waals surface area contributed by atoms with Crippen LogP contribution < -0.4 is 4.50 Å². The molecule has 4 rings (SSSR count). The predicted molar refractivity (Wildman–Crippen MR) is 150 cm³/mol. The van der Waals surface area contributed by atoms with Crippen molar-refractivity contribution >= 4 is 46.1 Å². The molecule has 3 aromatic rings. The summed E-state index contributed by atoms with van der Waals surface area (Å²) in [7, 11) is -2.42. The van der Waals surface area contributed by atoms with Crippen molar-refractivity contribution in [3.8, 4) is 0 Å². The molecule has 1 aromatic heterocycles. The molecule has 1 fully saturated rings. The van der Waals surface area contributed by atoms with Gasteiger partial charge in [0.25, 0.3) is 5.91 Å². The Labute approximate surface area is 219 Å². The highest BCUT2D eigenvalue weighted by Gasteiger charge is 2.28. The van der Waals surface area contributed by atoms with Gasteiger partial charge in [-0.1, -0.05) is 30.3 Å². The topological polar surface area (TPSA) is 66.8 Å². The fraction of sp³-hybridized carbons (Fsp3) is 0.448. The van der Waals surface area contributed by atoms with Gasteiger partial charge in [0, 0.05) is 39.7 Å². The molecule has 192 valence electrons. The Morgan fingerprint density at radius 1 is 1.08 bits per heavy atom. The van der Waals surface area contributed by atoms with Crippen LogP contribution in [0.4, 0.5) is 0 Å². The van der Waals surface area contributed by atoms with Gasteiger partial charge in [-0.2, -0.15) is 0 Å². The van der Waals surface area contributed by atoms with Gasteiger partial charge in [-0.05, 0) is 88.4 Å². The zero-order valence-corrected chi connectivity index (χ0v) is 23.8. The van der Waals surface area contributed by atoms with Crippen LogP contribution in [0.1, 0.15) is 67.4 Å². The van der Waals surface area contributed by atoms with Crippen molar-refractivity contribution in [2.24, 2.45) is 0 Å². The van der Waals surface area contributed by atoms with Crippen molar-refractivity contribution in [1.82, 2.24) is 4.90 Å². The van der Waals surface area contributed by atoms with Crippen LogP contribution in [0.25, 0.3) is 10.1 Å². The molecule has 0 unspecified atom stereocenters. The molecule has 1 saturated heterocycles. The van der Waals surface area contributed by atoms with Crippen molar-refractivity contribution in [3.63, 3.8) is 0 Å². The van der Waals surface area contributed by atoms with E-state index in [-0.39, 0.29) is 11.9 Å². The van der Waals surface area contributed by atoms with E-state index in [1.165, 1.54) is 5.56 Å². The number of nitrogens with zero attached hydrogens (tertiary/aromatic N) is 1. The molecule has 0 saturated carbocycles. The smallest absolute Gasteiger partial charge is 0.306 e. The molecule has 0 radical (unpaired) electrons. The van der Waals surface area contributed by atoms with E-state index in [0.717, 1.165) is 51.6 Å². The Morgan fingerprint density at radius 2 is 1.78 bits per heavy atom. The lowest BCUT2D eigenvalue weighted by atomic mass is 9.88. The second-order valence-corrected chi connectivity index (χ2v) is 16.4. The first-order valence-corrected chi connectivity index (χ1v) is 16.5. The number of carbonyl (C=O) groups excluding carboxylic acids is 2. The molecular weight excluding hydrogens is 486 g/mol. The lowest BCUT2D eigenvalue weighted by Gasteiger charge is -2.32. The fourth-order valence-electron chi connectivity index (χ4n) is 4.78. The summed E-state index contributed by atoms with van der Waals surface area (Å²) in [5, 5.41) is 0.955. The minimum absolute atomic E-state index is 0.0759. The summed E-state index contributed by atoms with van der Waals surface area (Å²) in [6.45, 7) is 10.9. The highest BCUT2D eigenvalue weighted by atomic mass is 32.1. The van der Waals surface area contributed by atoms with Crippen LogP contribution in [0.2, 0.25) is 13.1 Å². The highest BCUT2D eigenvalue weighted by molar-refractivity contribution is 7.30. The average Bonchev–Trinajstić information content (AvgIpc) is 3.27. The van der Waals surface area contributed by atoms with E-state index in [1.54, 1.807) is 11.3 Å². The van der Waals surface area contributed by atoms with Crippen LogP contribution in [0.5, 0.6) is 0 Å². The molecular formula is C29H37NO4SSi. The normalized spacial score (nSPS) is 15.3. The number of hydrogen-bond donors (Lipinski definition) is 1. The standard InChI is InChI=1S/C29H37NO4SSi/c1-29(2,3)34-26(31)13-12-20-8-6-9-22(18-20)21-14-16-30(17-15-21)28(32)23-10-7-11-25-24(23)19-27(35-25)36(4,5)33/h6-11,18-19,21,33H,12-17H2,1-5H3. The number of fused-ring (bicyclic) bond motifs is 1. The van der Waals surface area contributed by atoms with Gasteiger partial charge in [0.1, 0.15) is 5.60 Å². The number of benzene rings is 2. The van der Waals surface area contributed by atoms with Crippen molar-refractivity contribution in [2.45, 2.75) is 71.1 Å². The quantitative estimate of drug-likeness (QED) is 0.337. The molecule has 0 spiro atoms.